The number of ether oxygens (including phenoxy) is 1. The lowest BCUT2D eigenvalue weighted by molar-refractivity contribution is 0.0955. The largest absolute Gasteiger partial charge is 0.380 e. The maximum atomic E-state index is 12.9. The zero-order valence-corrected chi connectivity index (χ0v) is 18.4. The van der Waals surface area contributed by atoms with Gasteiger partial charge in [0.15, 0.2) is 0 Å². The number of nitrogens with one attached hydrogen (secondary N) is 1. The topological polar surface area (TPSA) is 85.4 Å². The summed E-state index contributed by atoms with van der Waals surface area (Å²) in [7, 11) is -2.07. The monoisotopic (exact) mass is 452 g/mol. The Morgan fingerprint density at radius 1 is 1.03 bits per heavy atom. The van der Waals surface area contributed by atoms with Crippen LogP contribution in [0.2, 0.25) is 0 Å². The normalized spacial score (nSPS) is 11.5. The van der Waals surface area contributed by atoms with Crippen LogP contribution in [-0.2, 0) is 27.7 Å². The van der Waals surface area contributed by atoms with E-state index in [0.717, 1.165) is 21.2 Å². The van der Waals surface area contributed by atoms with Crippen LogP contribution < -0.4 is 5.32 Å². The van der Waals surface area contributed by atoms with Crippen LogP contribution in [0.4, 0.5) is 0 Å². The molecule has 0 aliphatic heterocycles. The maximum Gasteiger partial charge on any atom is 0.261 e. The van der Waals surface area contributed by atoms with E-state index >= 15 is 0 Å². The molecule has 0 aliphatic rings. The first-order valence-corrected chi connectivity index (χ1v) is 11.8. The molecule has 1 N–H and O–H groups in total. The number of carbonyl (C=O) groups is 1. The highest BCUT2D eigenvalue weighted by atomic mass is 32.2. The van der Waals surface area contributed by atoms with Gasteiger partial charge in [-0.05, 0) is 52.9 Å². The lowest BCUT2D eigenvalue weighted by atomic mass is 10.2. The van der Waals surface area contributed by atoms with Crippen LogP contribution in [-0.4, -0.2) is 26.4 Å². The second-order valence-electron chi connectivity index (χ2n) is 6.93. The van der Waals surface area contributed by atoms with Gasteiger partial charge in [0.2, 0.25) is 9.84 Å². The molecule has 0 fully saturated rings. The fourth-order valence-corrected chi connectivity index (χ4v) is 5.43. The number of rotatable bonds is 7. The molecule has 0 saturated heterocycles. The van der Waals surface area contributed by atoms with Crippen molar-refractivity contribution in [2.75, 3.05) is 7.11 Å². The van der Waals surface area contributed by atoms with Gasteiger partial charge in [0.25, 0.3) is 5.91 Å². The number of sulfone groups is 1. The first-order chi connectivity index (χ1) is 15.0. The molecule has 158 valence electrons. The van der Waals surface area contributed by atoms with Crippen molar-refractivity contribution in [1.29, 1.82) is 0 Å². The van der Waals surface area contributed by atoms with Gasteiger partial charge in [0, 0.05) is 26.0 Å². The van der Waals surface area contributed by atoms with Crippen molar-refractivity contribution in [2.45, 2.75) is 22.9 Å². The smallest absolute Gasteiger partial charge is 0.261 e. The van der Waals surface area contributed by atoms with Crippen molar-refractivity contribution in [3.8, 4) is 0 Å². The van der Waals surface area contributed by atoms with Gasteiger partial charge in [0.1, 0.15) is 0 Å². The summed E-state index contributed by atoms with van der Waals surface area (Å²) in [6, 6.07) is 17.0. The Hall–Kier alpha value is -3.07. The van der Waals surface area contributed by atoms with Crippen molar-refractivity contribution >= 4 is 37.2 Å². The van der Waals surface area contributed by atoms with Gasteiger partial charge in [-0.2, -0.15) is 0 Å². The van der Waals surface area contributed by atoms with Crippen molar-refractivity contribution in [3.63, 3.8) is 0 Å². The summed E-state index contributed by atoms with van der Waals surface area (Å²) in [5, 5.41) is 3.86. The van der Waals surface area contributed by atoms with Crippen LogP contribution >= 0.6 is 11.3 Å². The number of thiophene rings is 1. The molecule has 0 saturated carbocycles. The Bertz CT molecular complexity index is 1300. The van der Waals surface area contributed by atoms with Gasteiger partial charge in [0.05, 0.1) is 26.0 Å². The van der Waals surface area contributed by atoms with E-state index in [1.807, 2.05) is 18.2 Å². The third-order valence-electron chi connectivity index (χ3n) is 4.75. The number of carbonyl (C=O) groups excluding carboxylic acids is 1. The van der Waals surface area contributed by atoms with Crippen LogP contribution in [0.5, 0.6) is 0 Å². The second-order valence-corrected chi connectivity index (χ2v) is 9.97. The first-order valence-electron chi connectivity index (χ1n) is 9.51. The maximum absolute atomic E-state index is 12.9. The zero-order valence-electron chi connectivity index (χ0n) is 16.7. The molecular formula is C23H20N2O4S2. The third-order valence-corrected chi connectivity index (χ3v) is 7.60. The Morgan fingerprint density at radius 2 is 1.84 bits per heavy atom. The molecule has 8 heteroatoms. The summed E-state index contributed by atoms with van der Waals surface area (Å²) >= 11 is 1.39. The fraction of sp³-hybridized carbons (Fsp3) is 0.130. The summed E-state index contributed by atoms with van der Waals surface area (Å²) in [5.74, 6) is -0.173. The highest BCUT2D eigenvalue weighted by Crippen LogP contribution is 2.25. The van der Waals surface area contributed by atoms with Crippen LogP contribution in [0, 0.1) is 0 Å². The van der Waals surface area contributed by atoms with E-state index in [9.17, 15) is 13.2 Å². The van der Waals surface area contributed by atoms with E-state index in [4.69, 9.17) is 4.74 Å². The van der Waals surface area contributed by atoms with E-state index in [-0.39, 0.29) is 15.7 Å². The number of hydrogen-bond donors (Lipinski definition) is 1. The predicted molar refractivity (Wildman–Crippen MR) is 120 cm³/mol. The minimum absolute atomic E-state index is 0.173. The summed E-state index contributed by atoms with van der Waals surface area (Å²) in [6.07, 6.45) is 3.43. The van der Waals surface area contributed by atoms with Crippen molar-refractivity contribution in [2.24, 2.45) is 0 Å². The quantitative estimate of drug-likeness (QED) is 0.454. The molecule has 1 amide bonds. The van der Waals surface area contributed by atoms with Crippen LogP contribution in [0.25, 0.3) is 10.1 Å². The summed E-state index contributed by atoms with van der Waals surface area (Å²) in [6.45, 7) is 0.646. The van der Waals surface area contributed by atoms with Crippen molar-refractivity contribution in [1.82, 2.24) is 10.3 Å². The lowest BCUT2D eigenvalue weighted by Crippen LogP contribution is -2.21. The van der Waals surface area contributed by atoms with Crippen molar-refractivity contribution < 1.29 is 17.9 Å². The lowest BCUT2D eigenvalue weighted by Gasteiger charge is -2.08. The highest BCUT2D eigenvalue weighted by molar-refractivity contribution is 7.91. The molecular weight excluding hydrogens is 432 g/mol. The van der Waals surface area contributed by atoms with E-state index in [1.54, 1.807) is 62.0 Å². The molecule has 2 heterocycles. The second kappa shape index (κ2) is 8.97. The number of benzene rings is 2. The molecule has 4 aromatic rings. The third kappa shape index (κ3) is 4.66. The molecule has 6 nitrogen and oxygen atoms in total. The Balaban J connectivity index is 1.45. The molecule has 2 aromatic carbocycles. The van der Waals surface area contributed by atoms with Gasteiger partial charge in [-0.3, -0.25) is 9.78 Å². The first kappa shape index (κ1) is 21.2. The van der Waals surface area contributed by atoms with Gasteiger partial charge in [-0.1, -0.05) is 24.3 Å². The minimum atomic E-state index is -3.63. The van der Waals surface area contributed by atoms with Gasteiger partial charge >= 0.3 is 0 Å². The fourth-order valence-electron chi connectivity index (χ4n) is 3.16. The van der Waals surface area contributed by atoms with Gasteiger partial charge in [-0.15, -0.1) is 11.3 Å². The zero-order chi connectivity index (χ0) is 21.8. The van der Waals surface area contributed by atoms with Crippen LogP contribution in [0.1, 0.15) is 20.8 Å². The summed E-state index contributed by atoms with van der Waals surface area (Å²) in [4.78, 5) is 17.6. The number of methoxy groups -OCH3 is 1. The SMILES string of the molecule is COCc1cccc(S(=O)(=O)c2ccc(CNC(=O)c3cc4ccncc4s3)cc2)c1. The average Bonchev–Trinajstić information content (AvgIpc) is 3.23. The molecule has 0 unspecified atom stereocenters. The van der Waals surface area contributed by atoms with Gasteiger partial charge < -0.3 is 10.1 Å². The van der Waals surface area contributed by atoms with Crippen LogP contribution in [0.15, 0.2) is 82.8 Å². The molecule has 0 radical (unpaired) electrons. The molecule has 0 atom stereocenters. The number of fused-ring (bicyclic) bond motifs is 1. The van der Waals surface area contributed by atoms with E-state index in [0.29, 0.717) is 18.0 Å². The van der Waals surface area contributed by atoms with Gasteiger partial charge in [-0.25, -0.2) is 8.42 Å². The Labute approximate surface area is 184 Å². The van der Waals surface area contributed by atoms with E-state index in [1.165, 1.54) is 11.3 Å². The molecule has 4 rings (SSSR count). The molecule has 2 aromatic heterocycles. The number of hydrogen-bond acceptors (Lipinski definition) is 6. The minimum Gasteiger partial charge on any atom is -0.380 e. The molecule has 31 heavy (non-hydrogen) atoms. The summed E-state index contributed by atoms with van der Waals surface area (Å²) in [5.41, 5.74) is 1.60. The van der Waals surface area contributed by atoms with Crippen molar-refractivity contribution in [3.05, 3.63) is 89.1 Å². The number of amides is 1. The molecule has 0 bridgehead atoms. The molecule has 0 spiro atoms. The molecule has 0 aliphatic carbocycles. The Kier molecular flexibility index (Phi) is 6.13. The van der Waals surface area contributed by atoms with Crippen LogP contribution in [0.3, 0.4) is 0 Å². The Morgan fingerprint density at radius 3 is 2.58 bits per heavy atom. The predicted octanol–water partition coefficient (Wildman–Crippen LogP) is 4.21. The van der Waals surface area contributed by atoms with E-state index in [2.05, 4.69) is 10.3 Å². The number of aromatic nitrogens is 1. The van der Waals surface area contributed by atoms with E-state index < -0.39 is 9.84 Å². The highest BCUT2D eigenvalue weighted by Gasteiger charge is 2.18. The summed E-state index contributed by atoms with van der Waals surface area (Å²) < 4.78 is 31.9. The number of nitrogens with zero attached hydrogens (tertiary/aromatic N) is 1. The standard InChI is InChI=1S/C23H20N2O4S2/c1-29-15-17-3-2-4-20(11-17)31(27,28)19-7-5-16(6-8-19)13-25-23(26)21-12-18-9-10-24-14-22(18)30-21/h2-12,14H,13,15H2,1H3,(H,25,26). The number of pyridine rings is 1. The average molecular weight is 453 g/mol.